The molecule has 0 aliphatic carbocycles. The predicted octanol–water partition coefficient (Wildman–Crippen LogP) is 2.72. The molecule has 0 unspecified atom stereocenters. The van der Waals surface area contributed by atoms with Crippen molar-refractivity contribution >= 4 is 27.7 Å². The van der Waals surface area contributed by atoms with Crippen molar-refractivity contribution in [3.8, 4) is 0 Å². The van der Waals surface area contributed by atoms with E-state index in [1.165, 1.54) is 0 Å². The maximum absolute atomic E-state index is 12.0. The average Bonchev–Trinajstić information content (AvgIpc) is 2.86. The standard InChI is InChI=1S/C12H15BrN4O/c1-3-4-9-6-11(16-15-9)14-12(18)10-5-8(13)7-17(10)2/h5-7H,3-4H2,1-2H3,(H2,14,15,16,18). The lowest BCUT2D eigenvalue weighted by Crippen LogP contribution is -2.15. The van der Waals surface area contributed by atoms with Crippen LogP contribution in [-0.2, 0) is 13.5 Å². The fourth-order valence-electron chi connectivity index (χ4n) is 1.75. The number of hydrogen-bond donors (Lipinski definition) is 2. The van der Waals surface area contributed by atoms with E-state index >= 15 is 0 Å². The summed E-state index contributed by atoms with van der Waals surface area (Å²) < 4.78 is 2.64. The Bertz CT molecular complexity index is 558. The zero-order chi connectivity index (χ0) is 13.1. The third kappa shape index (κ3) is 2.81. The molecule has 0 atom stereocenters. The molecule has 0 spiro atoms. The molecule has 1 amide bonds. The first-order chi connectivity index (χ1) is 8.60. The fourth-order valence-corrected chi connectivity index (χ4v) is 2.28. The Labute approximate surface area is 114 Å². The minimum Gasteiger partial charge on any atom is -0.345 e. The van der Waals surface area contributed by atoms with Crippen molar-refractivity contribution in [2.75, 3.05) is 5.32 Å². The van der Waals surface area contributed by atoms with Gasteiger partial charge in [-0.1, -0.05) is 13.3 Å². The summed E-state index contributed by atoms with van der Waals surface area (Å²) in [4.78, 5) is 12.0. The second-order valence-electron chi connectivity index (χ2n) is 4.14. The second-order valence-corrected chi connectivity index (χ2v) is 5.05. The van der Waals surface area contributed by atoms with Crippen LogP contribution in [0.2, 0.25) is 0 Å². The number of hydrogen-bond acceptors (Lipinski definition) is 2. The minimum absolute atomic E-state index is 0.169. The number of rotatable bonds is 4. The molecule has 18 heavy (non-hydrogen) atoms. The molecule has 5 nitrogen and oxygen atoms in total. The highest BCUT2D eigenvalue weighted by Crippen LogP contribution is 2.15. The van der Waals surface area contributed by atoms with Crippen LogP contribution in [0, 0.1) is 0 Å². The molecular formula is C12H15BrN4O. The Morgan fingerprint density at radius 2 is 2.33 bits per heavy atom. The summed E-state index contributed by atoms with van der Waals surface area (Å²) in [6.07, 6.45) is 3.81. The Balaban J connectivity index is 2.08. The van der Waals surface area contributed by atoms with E-state index in [2.05, 4.69) is 38.4 Å². The van der Waals surface area contributed by atoms with Gasteiger partial charge in [-0.25, -0.2) is 0 Å². The number of nitrogens with one attached hydrogen (secondary N) is 2. The van der Waals surface area contributed by atoms with Crippen LogP contribution < -0.4 is 5.32 Å². The van der Waals surface area contributed by atoms with Crippen molar-refractivity contribution in [1.29, 1.82) is 0 Å². The number of aromatic amines is 1. The van der Waals surface area contributed by atoms with Gasteiger partial charge in [-0.05, 0) is 28.4 Å². The number of aryl methyl sites for hydroxylation is 2. The van der Waals surface area contributed by atoms with Gasteiger partial charge in [0.15, 0.2) is 5.82 Å². The van der Waals surface area contributed by atoms with Crippen molar-refractivity contribution in [2.45, 2.75) is 19.8 Å². The van der Waals surface area contributed by atoms with Gasteiger partial charge in [-0.3, -0.25) is 9.89 Å². The van der Waals surface area contributed by atoms with Crippen LogP contribution in [0.15, 0.2) is 22.8 Å². The molecule has 0 aromatic carbocycles. The highest BCUT2D eigenvalue weighted by molar-refractivity contribution is 9.10. The van der Waals surface area contributed by atoms with Crippen LogP contribution in [0.25, 0.3) is 0 Å². The molecule has 2 heterocycles. The summed E-state index contributed by atoms with van der Waals surface area (Å²) in [7, 11) is 1.83. The van der Waals surface area contributed by atoms with Crippen molar-refractivity contribution in [3.05, 3.63) is 34.2 Å². The predicted molar refractivity (Wildman–Crippen MR) is 73.6 cm³/mol. The molecule has 0 saturated carbocycles. The zero-order valence-corrected chi connectivity index (χ0v) is 11.9. The lowest BCUT2D eigenvalue weighted by atomic mass is 10.2. The van der Waals surface area contributed by atoms with Crippen LogP contribution >= 0.6 is 15.9 Å². The van der Waals surface area contributed by atoms with E-state index in [0.717, 1.165) is 23.0 Å². The lowest BCUT2D eigenvalue weighted by Gasteiger charge is -2.02. The number of carbonyl (C=O) groups excluding carboxylic acids is 1. The summed E-state index contributed by atoms with van der Waals surface area (Å²) in [6, 6.07) is 3.63. The van der Waals surface area contributed by atoms with Gasteiger partial charge in [0.2, 0.25) is 0 Å². The summed E-state index contributed by atoms with van der Waals surface area (Å²) in [5.41, 5.74) is 1.61. The van der Waals surface area contributed by atoms with Crippen molar-refractivity contribution < 1.29 is 4.79 Å². The van der Waals surface area contributed by atoms with E-state index in [9.17, 15) is 4.79 Å². The third-order valence-electron chi connectivity index (χ3n) is 2.60. The third-order valence-corrected chi connectivity index (χ3v) is 3.03. The van der Waals surface area contributed by atoms with E-state index < -0.39 is 0 Å². The van der Waals surface area contributed by atoms with E-state index in [1.54, 1.807) is 10.6 Å². The van der Waals surface area contributed by atoms with Crippen LogP contribution in [-0.4, -0.2) is 20.7 Å². The lowest BCUT2D eigenvalue weighted by molar-refractivity contribution is 0.101. The van der Waals surface area contributed by atoms with Gasteiger partial charge in [0, 0.05) is 29.5 Å². The topological polar surface area (TPSA) is 62.7 Å². The van der Waals surface area contributed by atoms with Gasteiger partial charge >= 0.3 is 0 Å². The Morgan fingerprint density at radius 1 is 1.56 bits per heavy atom. The second kappa shape index (κ2) is 5.39. The van der Waals surface area contributed by atoms with E-state index in [0.29, 0.717) is 11.5 Å². The van der Waals surface area contributed by atoms with Crippen LogP contribution in [0.5, 0.6) is 0 Å². The molecule has 0 bridgehead atoms. The molecule has 2 aromatic heterocycles. The smallest absolute Gasteiger partial charge is 0.273 e. The largest absolute Gasteiger partial charge is 0.345 e. The molecule has 0 saturated heterocycles. The first-order valence-corrected chi connectivity index (χ1v) is 6.57. The van der Waals surface area contributed by atoms with E-state index in [-0.39, 0.29) is 5.91 Å². The molecule has 0 aliphatic heterocycles. The number of H-pyrrole nitrogens is 1. The monoisotopic (exact) mass is 310 g/mol. The van der Waals surface area contributed by atoms with E-state index in [1.807, 2.05) is 19.3 Å². The van der Waals surface area contributed by atoms with Crippen molar-refractivity contribution in [2.24, 2.45) is 7.05 Å². The first kappa shape index (κ1) is 12.9. The SMILES string of the molecule is CCCc1cc(NC(=O)c2cc(Br)cn2C)n[nH]1. The number of halogens is 1. The van der Waals surface area contributed by atoms with Crippen molar-refractivity contribution in [1.82, 2.24) is 14.8 Å². The molecule has 0 fully saturated rings. The maximum Gasteiger partial charge on any atom is 0.273 e. The van der Waals surface area contributed by atoms with Gasteiger partial charge in [0.05, 0.1) is 0 Å². The Kier molecular flexibility index (Phi) is 3.86. The highest BCUT2D eigenvalue weighted by atomic mass is 79.9. The maximum atomic E-state index is 12.0. The van der Waals surface area contributed by atoms with Gasteiger partial charge in [0.25, 0.3) is 5.91 Å². The van der Waals surface area contributed by atoms with E-state index in [4.69, 9.17) is 0 Å². The van der Waals surface area contributed by atoms with Gasteiger partial charge in [0.1, 0.15) is 5.69 Å². The minimum atomic E-state index is -0.169. The number of amides is 1. The number of nitrogens with zero attached hydrogens (tertiary/aromatic N) is 2. The first-order valence-electron chi connectivity index (χ1n) is 5.77. The number of anilines is 1. The summed E-state index contributed by atoms with van der Waals surface area (Å²) in [5, 5.41) is 9.73. The van der Waals surface area contributed by atoms with Crippen molar-refractivity contribution in [3.63, 3.8) is 0 Å². The van der Waals surface area contributed by atoms with Gasteiger partial charge in [-0.2, -0.15) is 5.10 Å². The normalized spacial score (nSPS) is 10.6. The summed E-state index contributed by atoms with van der Waals surface area (Å²) >= 11 is 3.34. The van der Waals surface area contributed by atoms with Crippen LogP contribution in [0.1, 0.15) is 29.5 Å². The molecule has 0 aliphatic rings. The fraction of sp³-hybridized carbons (Fsp3) is 0.333. The number of carbonyl (C=O) groups is 1. The molecule has 2 N–H and O–H groups in total. The quantitative estimate of drug-likeness (QED) is 0.912. The summed E-state index contributed by atoms with van der Waals surface area (Å²) in [5.74, 6) is 0.388. The van der Waals surface area contributed by atoms with Gasteiger partial charge in [-0.15, -0.1) is 0 Å². The number of aromatic nitrogens is 3. The summed E-state index contributed by atoms with van der Waals surface area (Å²) in [6.45, 7) is 2.10. The van der Waals surface area contributed by atoms with Gasteiger partial charge < -0.3 is 9.88 Å². The molecule has 6 heteroatoms. The Hall–Kier alpha value is -1.56. The molecule has 2 rings (SSSR count). The Morgan fingerprint density at radius 3 is 2.94 bits per heavy atom. The van der Waals surface area contributed by atoms with Crippen LogP contribution in [0.4, 0.5) is 5.82 Å². The highest BCUT2D eigenvalue weighted by Gasteiger charge is 2.12. The molecule has 2 aromatic rings. The molecular weight excluding hydrogens is 296 g/mol. The van der Waals surface area contributed by atoms with Crippen LogP contribution in [0.3, 0.4) is 0 Å². The zero-order valence-electron chi connectivity index (χ0n) is 10.3. The molecule has 0 radical (unpaired) electrons. The molecule has 96 valence electrons. The average molecular weight is 311 g/mol.